The molecular formula is C39H44N6O2. The number of nitrogens with one attached hydrogen (secondary N) is 4. The van der Waals surface area contributed by atoms with Crippen LogP contribution in [-0.4, -0.2) is 59.4 Å². The third kappa shape index (κ3) is 7.18. The van der Waals surface area contributed by atoms with Crippen molar-refractivity contribution in [1.29, 1.82) is 0 Å². The van der Waals surface area contributed by atoms with Crippen molar-refractivity contribution in [1.82, 2.24) is 25.5 Å². The number of aromatic nitrogens is 2. The minimum Gasteiger partial charge on any atom is -0.384 e. The van der Waals surface area contributed by atoms with Crippen LogP contribution in [0, 0.1) is 5.92 Å². The number of likely N-dealkylation sites (tertiary alicyclic amines) is 1. The number of benzene rings is 3. The van der Waals surface area contributed by atoms with Crippen molar-refractivity contribution in [2.24, 2.45) is 5.92 Å². The molecule has 1 saturated heterocycles. The average Bonchev–Trinajstić information content (AvgIpc) is 3.75. The van der Waals surface area contributed by atoms with Gasteiger partial charge in [0.2, 0.25) is 5.91 Å². The van der Waals surface area contributed by atoms with Gasteiger partial charge >= 0.3 is 0 Å². The summed E-state index contributed by atoms with van der Waals surface area (Å²) in [6.07, 6.45) is 9.10. The highest BCUT2D eigenvalue weighted by molar-refractivity contribution is 5.94. The van der Waals surface area contributed by atoms with E-state index in [4.69, 9.17) is 4.98 Å². The molecule has 2 aliphatic rings. The molecular weight excluding hydrogens is 584 g/mol. The highest BCUT2D eigenvalue weighted by Gasteiger charge is 2.28. The molecule has 242 valence electrons. The van der Waals surface area contributed by atoms with E-state index in [2.05, 4.69) is 62.2 Å². The molecule has 0 bridgehead atoms. The zero-order chi connectivity index (χ0) is 32.0. The topological polar surface area (TPSA) is 102 Å². The average molecular weight is 629 g/mol. The minimum atomic E-state index is -0.0574. The Bertz CT molecular complexity index is 1860. The number of fused-ring (bicyclic) bond motifs is 3. The number of aromatic amines is 1. The van der Waals surface area contributed by atoms with Gasteiger partial charge in [-0.3, -0.25) is 19.5 Å². The molecule has 3 aromatic carbocycles. The van der Waals surface area contributed by atoms with Crippen LogP contribution >= 0.6 is 0 Å². The zero-order valence-corrected chi connectivity index (χ0v) is 27.0. The van der Waals surface area contributed by atoms with Gasteiger partial charge in [-0.1, -0.05) is 48.5 Å². The number of carbonyl (C=O) groups is 2. The summed E-state index contributed by atoms with van der Waals surface area (Å²) in [6, 6.07) is 24.5. The second-order valence-corrected chi connectivity index (χ2v) is 13.0. The van der Waals surface area contributed by atoms with Crippen LogP contribution in [0.5, 0.6) is 0 Å². The molecule has 5 aromatic rings. The van der Waals surface area contributed by atoms with E-state index in [-0.39, 0.29) is 17.7 Å². The van der Waals surface area contributed by atoms with Crippen LogP contribution in [0.25, 0.3) is 21.8 Å². The maximum Gasteiger partial charge on any atom is 0.251 e. The first-order chi connectivity index (χ1) is 23.1. The predicted octanol–water partition coefficient (Wildman–Crippen LogP) is 6.01. The largest absolute Gasteiger partial charge is 0.384 e. The normalized spacial score (nSPS) is 16.3. The second-order valence-electron chi connectivity index (χ2n) is 13.0. The number of hydrogen-bond donors (Lipinski definition) is 4. The Kier molecular flexibility index (Phi) is 9.47. The molecule has 1 unspecified atom stereocenters. The standard InChI is InChI=1S/C39H44N6O2/c46-38(42-22-18-29-24-43-34-11-4-1-8-31(29)34)28-16-14-27(15-17-28)25-45-23-19-30(26-45)39(47)41-21-7-20-40-37-32-9-2-5-12-35(32)44-36-13-6-3-10-33(36)37/h1-2,4-5,8-9,11-12,14-17,24,30,43H,3,6-7,10,13,18-23,25-26H2,(H,40,44)(H,41,47)(H,42,46). The number of aryl methyl sites for hydroxylation is 1. The van der Waals surface area contributed by atoms with Gasteiger partial charge in [0, 0.05) is 72.2 Å². The Hall–Kier alpha value is -4.69. The molecule has 1 aliphatic heterocycles. The van der Waals surface area contributed by atoms with Gasteiger partial charge in [-0.05, 0) is 92.4 Å². The van der Waals surface area contributed by atoms with E-state index in [1.807, 2.05) is 42.6 Å². The second kappa shape index (κ2) is 14.4. The van der Waals surface area contributed by atoms with Crippen molar-refractivity contribution in [2.45, 2.75) is 51.5 Å². The van der Waals surface area contributed by atoms with Gasteiger partial charge in [0.05, 0.1) is 11.4 Å². The Morgan fingerprint density at radius 2 is 1.68 bits per heavy atom. The van der Waals surface area contributed by atoms with Crippen molar-refractivity contribution in [3.05, 3.63) is 107 Å². The number of nitrogens with zero attached hydrogens (tertiary/aromatic N) is 2. The Balaban J connectivity index is 0.825. The molecule has 8 heteroatoms. The molecule has 47 heavy (non-hydrogen) atoms. The highest BCUT2D eigenvalue weighted by atomic mass is 16.2. The first-order valence-corrected chi connectivity index (χ1v) is 17.2. The van der Waals surface area contributed by atoms with Crippen LogP contribution in [0.2, 0.25) is 0 Å². The van der Waals surface area contributed by atoms with Crippen LogP contribution < -0.4 is 16.0 Å². The highest BCUT2D eigenvalue weighted by Crippen LogP contribution is 2.33. The van der Waals surface area contributed by atoms with Gasteiger partial charge < -0.3 is 20.9 Å². The number of carbonyl (C=O) groups excluding carboxylic acids is 2. The summed E-state index contributed by atoms with van der Waals surface area (Å²) < 4.78 is 0. The van der Waals surface area contributed by atoms with E-state index in [0.717, 1.165) is 74.9 Å². The maximum atomic E-state index is 13.0. The number of hydrogen-bond acceptors (Lipinski definition) is 5. The summed E-state index contributed by atoms with van der Waals surface area (Å²) in [5, 5.41) is 12.3. The first kappa shape index (κ1) is 30.9. The summed E-state index contributed by atoms with van der Waals surface area (Å²) >= 11 is 0. The fraction of sp³-hybridized carbons (Fsp3) is 0.359. The van der Waals surface area contributed by atoms with E-state index < -0.39 is 0 Å². The molecule has 2 aromatic heterocycles. The molecule has 4 N–H and O–H groups in total. The van der Waals surface area contributed by atoms with E-state index in [1.54, 1.807) is 0 Å². The van der Waals surface area contributed by atoms with Gasteiger partial charge in [0.25, 0.3) is 5.91 Å². The molecule has 1 aliphatic carbocycles. The molecule has 0 saturated carbocycles. The number of pyridine rings is 1. The summed E-state index contributed by atoms with van der Waals surface area (Å²) in [5.41, 5.74) is 9.05. The number of rotatable bonds is 12. The van der Waals surface area contributed by atoms with Gasteiger partial charge in [0.15, 0.2) is 0 Å². The van der Waals surface area contributed by atoms with Crippen molar-refractivity contribution >= 4 is 39.3 Å². The summed E-state index contributed by atoms with van der Waals surface area (Å²) in [4.78, 5) is 36.3. The van der Waals surface area contributed by atoms with Crippen molar-refractivity contribution in [3.8, 4) is 0 Å². The molecule has 8 nitrogen and oxygen atoms in total. The van der Waals surface area contributed by atoms with Crippen LogP contribution in [0.3, 0.4) is 0 Å². The number of H-pyrrole nitrogens is 1. The van der Waals surface area contributed by atoms with Gasteiger partial charge in [-0.2, -0.15) is 0 Å². The van der Waals surface area contributed by atoms with E-state index in [9.17, 15) is 9.59 Å². The molecule has 0 spiro atoms. The van der Waals surface area contributed by atoms with Crippen molar-refractivity contribution < 1.29 is 9.59 Å². The fourth-order valence-electron chi connectivity index (χ4n) is 7.19. The van der Waals surface area contributed by atoms with Gasteiger partial charge in [0.1, 0.15) is 0 Å². The Morgan fingerprint density at radius 1 is 0.872 bits per heavy atom. The fourth-order valence-corrected chi connectivity index (χ4v) is 7.19. The zero-order valence-electron chi connectivity index (χ0n) is 27.0. The molecule has 1 fully saturated rings. The monoisotopic (exact) mass is 628 g/mol. The Morgan fingerprint density at radius 3 is 2.57 bits per heavy atom. The minimum absolute atomic E-state index is 0.0151. The number of anilines is 1. The number of amides is 2. The summed E-state index contributed by atoms with van der Waals surface area (Å²) in [7, 11) is 0. The van der Waals surface area contributed by atoms with Gasteiger partial charge in [-0.25, -0.2) is 0 Å². The lowest BCUT2D eigenvalue weighted by atomic mass is 9.92. The lowest BCUT2D eigenvalue weighted by Crippen LogP contribution is -2.33. The lowest BCUT2D eigenvalue weighted by molar-refractivity contribution is -0.124. The van der Waals surface area contributed by atoms with E-state index >= 15 is 0 Å². The lowest BCUT2D eigenvalue weighted by Gasteiger charge is -2.21. The number of para-hydroxylation sites is 2. The van der Waals surface area contributed by atoms with Crippen LogP contribution in [0.4, 0.5) is 5.69 Å². The molecule has 0 radical (unpaired) electrons. The van der Waals surface area contributed by atoms with E-state index in [1.165, 1.54) is 46.1 Å². The van der Waals surface area contributed by atoms with Crippen LogP contribution in [0.15, 0.2) is 79.0 Å². The Labute approximate surface area is 276 Å². The maximum absolute atomic E-state index is 13.0. The summed E-state index contributed by atoms with van der Waals surface area (Å²) in [5.74, 6) is 0.109. The quantitative estimate of drug-likeness (QED) is 0.127. The summed E-state index contributed by atoms with van der Waals surface area (Å²) in [6.45, 7) is 4.50. The smallest absolute Gasteiger partial charge is 0.251 e. The molecule has 7 rings (SSSR count). The predicted molar refractivity (Wildman–Crippen MR) is 189 cm³/mol. The van der Waals surface area contributed by atoms with Crippen LogP contribution in [0.1, 0.15) is 58.4 Å². The van der Waals surface area contributed by atoms with Gasteiger partial charge in [-0.15, -0.1) is 0 Å². The molecule has 1 atom stereocenters. The van der Waals surface area contributed by atoms with Crippen molar-refractivity contribution in [3.63, 3.8) is 0 Å². The third-order valence-electron chi connectivity index (χ3n) is 9.74. The molecule has 3 heterocycles. The van der Waals surface area contributed by atoms with E-state index in [0.29, 0.717) is 18.7 Å². The third-order valence-corrected chi connectivity index (χ3v) is 9.74. The molecule has 2 amide bonds. The van der Waals surface area contributed by atoms with Crippen LogP contribution in [-0.2, 0) is 30.6 Å². The SMILES string of the molecule is O=C(NCCc1c[nH]c2ccccc12)c1ccc(CN2CCC(C(=O)NCCCNc3c4c(nc5ccccc35)CCCC4)C2)cc1. The van der Waals surface area contributed by atoms with Crippen molar-refractivity contribution in [2.75, 3.05) is 38.0 Å². The first-order valence-electron chi connectivity index (χ1n) is 17.2.